The van der Waals surface area contributed by atoms with E-state index in [1.807, 2.05) is 6.07 Å². The van der Waals surface area contributed by atoms with E-state index in [9.17, 15) is 8.42 Å². The van der Waals surface area contributed by atoms with E-state index in [4.69, 9.17) is 5.26 Å². The van der Waals surface area contributed by atoms with Crippen LogP contribution in [0, 0.1) is 11.3 Å². The Morgan fingerprint density at radius 2 is 1.70 bits per heavy atom. The Balaban J connectivity index is 2.34. The van der Waals surface area contributed by atoms with Gasteiger partial charge in [0.05, 0.1) is 22.2 Å². The van der Waals surface area contributed by atoms with E-state index in [1.54, 1.807) is 30.3 Å². The number of sulfonamides is 1. The minimum Gasteiger partial charge on any atom is -0.278 e. The molecule has 0 saturated heterocycles. The molecule has 2 aromatic rings. The second-order valence-corrected chi connectivity index (χ2v) is 7.32. The summed E-state index contributed by atoms with van der Waals surface area (Å²) >= 11 is 6.49. The second kappa shape index (κ2) is 5.95. The molecule has 20 heavy (non-hydrogen) atoms. The summed E-state index contributed by atoms with van der Waals surface area (Å²) in [6.45, 7) is 0. The first-order valence-electron chi connectivity index (χ1n) is 5.40. The van der Waals surface area contributed by atoms with Gasteiger partial charge in [-0.05, 0) is 58.4 Å². The maximum Gasteiger partial charge on any atom is 0.261 e. The minimum atomic E-state index is -3.66. The fraction of sp³-hybridized carbons (Fsp3) is 0. The SMILES string of the molecule is N#Cc1ccc(NS(=O)(=O)c2ccc(Br)cc2)c(Br)c1. The Morgan fingerprint density at radius 1 is 1.05 bits per heavy atom. The fourth-order valence-corrected chi connectivity index (χ4v) is 3.44. The van der Waals surface area contributed by atoms with E-state index in [0.717, 1.165) is 4.47 Å². The normalized spacial score (nSPS) is 10.8. The summed E-state index contributed by atoms with van der Waals surface area (Å²) in [5.41, 5.74) is 0.829. The van der Waals surface area contributed by atoms with Crippen LogP contribution in [-0.2, 0) is 10.0 Å². The molecule has 0 heterocycles. The zero-order valence-corrected chi connectivity index (χ0v) is 14.0. The first-order chi connectivity index (χ1) is 9.42. The van der Waals surface area contributed by atoms with Gasteiger partial charge in [-0.15, -0.1) is 0 Å². The van der Waals surface area contributed by atoms with Crippen LogP contribution in [0.2, 0.25) is 0 Å². The smallest absolute Gasteiger partial charge is 0.261 e. The van der Waals surface area contributed by atoms with Gasteiger partial charge in [0.15, 0.2) is 0 Å². The van der Waals surface area contributed by atoms with Crippen molar-refractivity contribution in [3.05, 3.63) is 57.0 Å². The van der Waals surface area contributed by atoms with Gasteiger partial charge in [0.2, 0.25) is 0 Å². The Labute approximate surface area is 133 Å². The van der Waals surface area contributed by atoms with E-state index in [2.05, 4.69) is 36.6 Å². The molecule has 0 saturated carbocycles. The molecule has 0 aliphatic heterocycles. The van der Waals surface area contributed by atoms with Crippen LogP contribution in [0.15, 0.2) is 56.3 Å². The molecule has 1 N–H and O–H groups in total. The lowest BCUT2D eigenvalue weighted by molar-refractivity contribution is 0.601. The molecule has 0 aromatic heterocycles. The summed E-state index contributed by atoms with van der Waals surface area (Å²) in [6.07, 6.45) is 0. The summed E-state index contributed by atoms with van der Waals surface area (Å²) in [7, 11) is -3.66. The molecule has 0 radical (unpaired) electrons. The number of rotatable bonds is 3. The number of hydrogen-bond donors (Lipinski definition) is 1. The van der Waals surface area contributed by atoms with Gasteiger partial charge in [0, 0.05) is 8.95 Å². The molecule has 2 aromatic carbocycles. The molecule has 4 nitrogen and oxygen atoms in total. The molecule has 0 aliphatic rings. The van der Waals surface area contributed by atoms with Gasteiger partial charge in [-0.3, -0.25) is 4.72 Å². The van der Waals surface area contributed by atoms with Crippen LogP contribution >= 0.6 is 31.9 Å². The third kappa shape index (κ3) is 3.39. The first kappa shape index (κ1) is 15.0. The maximum absolute atomic E-state index is 12.2. The van der Waals surface area contributed by atoms with Crippen LogP contribution < -0.4 is 4.72 Å². The van der Waals surface area contributed by atoms with E-state index < -0.39 is 10.0 Å². The number of hydrogen-bond acceptors (Lipinski definition) is 3. The Bertz CT molecular complexity index is 781. The van der Waals surface area contributed by atoms with E-state index in [0.29, 0.717) is 15.7 Å². The number of nitriles is 1. The van der Waals surface area contributed by atoms with Gasteiger partial charge in [-0.2, -0.15) is 5.26 Å². The van der Waals surface area contributed by atoms with Crippen LogP contribution in [-0.4, -0.2) is 8.42 Å². The van der Waals surface area contributed by atoms with Crippen LogP contribution in [0.1, 0.15) is 5.56 Å². The highest BCUT2D eigenvalue weighted by molar-refractivity contribution is 9.10. The van der Waals surface area contributed by atoms with Gasteiger partial charge in [0.25, 0.3) is 10.0 Å². The van der Waals surface area contributed by atoms with Crippen LogP contribution in [0.25, 0.3) is 0 Å². The predicted molar refractivity (Wildman–Crippen MR) is 83.8 cm³/mol. The molecule has 0 spiro atoms. The number of nitrogens with zero attached hydrogens (tertiary/aromatic N) is 1. The molecular weight excluding hydrogens is 408 g/mol. The molecule has 0 amide bonds. The van der Waals surface area contributed by atoms with Crippen molar-refractivity contribution in [3.63, 3.8) is 0 Å². The monoisotopic (exact) mass is 414 g/mol. The van der Waals surface area contributed by atoms with Crippen LogP contribution in [0.5, 0.6) is 0 Å². The summed E-state index contributed by atoms with van der Waals surface area (Å²) in [6, 6.07) is 12.9. The molecule has 0 bridgehead atoms. The average molecular weight is 416 g/mol. The molecule has 0 atom stereocenters. The topological polar surface area (TPSA) is 70.0 Å². The Morgan fingerprint density at radius 3 is 2.25 bits per heavy atom. The fourth-order valence-electron chi connectivity index (χ4n) is 1.48. The lowest BCUT2D eigenvalue weighted by Gasteiger charge is -2.10. The Hall–Kier alpha value is -1.36. The zero-order chi connectivity index (χ0) is 14.8. The van der Waals surface area contributed by atoms with E-state index in [1.165, 1.54) is 12.1 Å². The Kier molecular flexibility index (Phi) is 4.48. The highest BCUT2D eigenvalue weighted by Gasteiger charge is 2.15. The zero-order valence-electron chi connectivity index (χ0n) is 9.97. The first-order valence-corrected chi connectivity index (χ1v) is 8.47. The van der Waals surface area contributed by atoms with Gasteiger partial charge in [0.1, 0.15) is 0 Å². The summed E-state index contributed by atoms with van der Waals surface area (Å²) in [4.78, 5) is 0.164. The molecule has 102 valence electrons. The minimum absolute atomic E-state index is 0.164. The van der Waals surface area contributed by atoms with Crippen molar-refractivity contribution >= 4 is 47.6 Å². The van der Waals surface area contributed by atoms with Crippen molar-refractivity contribution < 1.29 is 8.42 Å². The second-order valence-electron chi connectivity index (χ2n) is 3.87. The lowest BCUT2D eigenvalue weighted by Crippen LogP contribution is -2.13. The van der Waals surface area contributed by atoms with Crippen LogP contribution in [0.4, 0.5) is 5.69 Å². The summed E-state index contributed by atoms with van der Waals surface area (Å²) < 4.78 is 28.2. The molecule has 0 unspecified atom stereocenters. The molecule has 2 rings (SSSR count). The standard InChI is InChI=1S/C13H8Br2N2O2S/c14-10-2-4-11(5-3-10)20(18,19)17-13-6-1-9(8-16)7-12(13)15/h1-7,17H. The highest BCUT2D eigenvalue weighted by Crippen LogP contribution is 2.26. The largest absolute Gasteiger partial charge is 0.278 e. The summed E-state index contributed by atoms with van der Waals surface area (Å²) in [5.74, 6) is 0. The molecule has 0 fully saturated rings. The van der Waals surface area contributed by atoms with Crippen molar-refractivity contribution in [2.75, 3.05) is 4.72 Å². The van der Waals surface area contributed by atoms with Crippen LogP contribution in [0.3, 0.4) is 0 Å². The number of benzene rings is 2. The van der Waals surface area contributed by atoms with E-state index in [-0.39, 0.29) is 4.90 Å². The average Bonchev–Trinajstić information content (AvgIpc) is 2.41. The van der Waals surface area contributed by atoms with Gasteiger partial charge < -0.3 is 0 Å². The van der Waals surface area contributed by atoms with Gasteiger partial charge in [-0.1, -0.05) is 15.9 Å². The van der Waals surface area contributed by atoms with Gasteiger partial charge >= 0.3 is 0 Å². The quantitative estimate of drug-likeness (QED) is 0.826. The predicted octanol–water partition coefficient (Wildman–Crippen LogP) is 3.88. The van der Waals surface area contributed by atoms with E-state index >= 15 is 0 Å². The lowest BCUT2D eigenvalue weighted by atomic mass is 10.2. The highest BCUT2D eigenvalue weighted by atomic mass is 79.9. The van der Waals surface area contributed by atoms with Crippen molar-refractivity contribution in [3.8, 4) is 6.07 Å². The molecule has 0 aliphatic carbocycles. The number of halogens is 2. The van der Waals surface area contributed by atoms with Crippen molar-refractivity contribution in [2.45, 2.75) is 4.90 Å². The third-order valence-corrected chi connectivity index (χ3v) is 5.03. The van der Waals surface area contributed by atoms with Crippen molar-refractivity contribution in [1.82, 2.24) is 0 Å². The number of anilines is 1. The van der Waals surface area contributed by atoms with Gasteiger partial charge in [-0.25, -0.2) is 8.42 Å². The third-order valence-electron chi connectivity index (χ3n) is 2.47. The van der Waals surface area contributed by atoms with Crippen molar-refractivity contribution in [1.29, 1.82) is 5.26 Å². The summed E-state index contributed by atoms with van der Waals surface area (Å²) in [5, 5.41) is 8.78. The van der Waals surface area contributed by atoms with Crippen molar-refractivity contribution in [2.24, 2.45) is 0 Å². The molecule has 7 heteroatoms. The number of nitrogens with one attached hydrogen (secondary N) is 1. The maximum atomic E-state index is 12.2. The molecular formula is C13H8Br2N2O2S.